The number of aliphatic carboxylic acids is 1. The van der Waals surface area contributed by atoms with Crippen LogP contribution in [0.15, 0.2) is 41.2 Å². The number of carboxylic acid groups (broad SMARTS) is 1. The number of phenols is 1. The van der Waals surface area contributed by atoms with Crippen LogP contribution in [-0.2, 0) is 22.6 Å². The number of aromatic hydroxyl groups is 1. The van der Waals surface area contributed by atoms with Gasteiger partial charge in [0.1, 0.15) is 5.75 Å². The lowest BCUT2D eigenvalue weighted by molar-refractivity contribution is -0.134. The van der Waals surface area contributed by atoms with Gasteiger partial charge in [0.25, 0.3) is 5.97 Å². The van der Waals surface area contributed by atoms with Gasteiger partial charge in [-0.15, -0.1) is 0 Å². The van der Waals surface area contributed by atoms with Gasteiger partial charge in [0.15, 0.2) is 0 Å². The van der Waals surface area contributed by atoms with Gasteiger partial charge in [-0.1, -0.05) is 25.0 Å². The summed E-state index contributed by atoms with van der Waals surface area (Å²) in [4.78, 5) is 25.9. The van der Waals surface area contributed by atoms with Crippen LogP contribution >= 0.6 is 0 Å². The Bertz CT molecular complexity index is 1150. The van der Waals surface area contributed by atoms with E-state index in [2.05, 4.69) is 21.4 Å². The molecule has 0 aliphatic rings. The van der Waals surface area contributed by atoms with Crippen LogP contribution in [0, 0.1) is 0 Å². The first kappa shape index (κ1) is 31.0. The molecule has 0 aliphatic heterocycles. The quantitative estimate of drug-likeness (QED) is 0.138. The molecule has 10 heteroatoms. The lowest BCUT2D eigenvalue weighted by Gasteiger charge is -2.14. The van der Waals surface area contributed by atoms with Gasteiger partial charge in [0.2, 0.25) is 0 Å². The number of carboxylic acids is 1. The SMILES string of the molecule is CC(=O)O.O=c1[nH]c2ccc(CCCCOCCCCCCNC[C@H](O)c3ccc(O)c(CO)c3)cc2[nH]1. The Balaban J connectivity index is 0.00000118. The van der Waals surface area contributed by atoms with E-state index < -0.39 is 12.1 Å². The first-order valence-electron chi connectivity index (χ1n) is 13.1. The molecule has 0 bridgehead atoms. The highest BCUT2D eigenvalue weighted by Gasteiger charge is 2.10. The third-order valence-electron chi connectivity index (χ3n) is 5.97. The molecule has 0 amide bonds. The van der Waals surface area contributed by atoms with Gasteiger partial charge in [0, 0.05) is 32.2 Å². The third-order valence-corrected chi connectivity index (χ3v) is 5.97. The minimum absolute atomic E-state index is 0.0422. The summed E-state index contributed by atoms with van der Waals surface area (Å²) >= 11 is 0. The van der Waals surface area contributed by atoms with Gasteiger partial charge < -0.3 is 40.4 Å². The van der Waals surface area contributed by atoms with Gasteiger partial charge >= 0.3 is 5.69 Å². The minimum Gasteiger partial charge on any atom is -0.508 e. The lowest BCUT2D eigenvalue weighted by atomic mass is 10.1. The van der Waals surface area contributed by atoms with E-state index in [1.807, 2.05) is 12.1 Å². The third kappa shape index (κ3) is 11.9. The van der Waals surface area contributed by atoms with Gasteiger partial charge in [-0.25, -0.2) is 4.79 Å². The summed E-state index contributed by atoms with van der Waals surface area (Å²) in [6.45, 7) is 3.68. The number of aromatic amines is 2. The van der Waals surface area contributed by atoms with Crippen molar-refractivity contribution in [2.75, 3.05) is 26.3 Å². The largest absolute Gasteiger partial charge is 0.508 e. The fraction of sp³-hybridized carbons (Fsp3) is 0.500. The monoisotopic (exact) mass is 531 g/mol. The molecule has 0 aliphatic carbocycles. The maximum absolute atomic E-state index is 11.3. The smallest absolute Gasteiger partial charge is 0.323 e. The van der Waals surface area contributed by atoms with Crippen molar-refractivity contribution in [2.45, 2.75) is 64.6 Å². The molecule has 38 heavy (non-hydrogen) atoms. The predicted octanol–water partition coefficient (Wildman–Crippen LogP) is 3.37. The highest BCUT2D eigenvalue weighted by atomic mass is 16.5. The summed E-state index contributed by atoms with van der Waals surface area (Å²) in [6.07, 6.45) is 6.72. The van der Waals surface area contributed by atoms with Crippen molar-refractivity contribution in [1.29, 1.82) is 0 Å². The Morgan fingerprint density at radius 3 is 2.39 bits per heavy atom. The molecule has 10 nitrogen and oxygen atoms in total. The van der Waals surface area contributed by atoms with E-state index in [1.54, 1.807) is 12.1 Å². The molecule has 2 aromatic carbocycles. The normalized spacial score (nSPS) is 11.8. The van der Waals surface area contributed by atoms with E-state index in [9.17, 15) is 20.1 Å². The molecule has 1 aromatic heterocycles. The fourth-order valence-corrected chi connectivity index (χ4v) is 3.97. The number of H-pyrrole nitrogens is 2. The van der Waals surface area contributed by atoms with Crippen molar-refractivity contribution in [2.24, 2.45) is 0 Å². The van der Waals surface area contributed by atoms with Crippen LogP contribution in [0.25, 0.3) is 11.0 Å². The van der Waals surface area contributed by atoms with E-state index in [4.69, 9.17) is 14.6 Å². The van der Waals surface area contributed by atoms with Crippen molar-refractivity contribution >= 4 is 17.0 Å². The molecule has 0 spiro atoms. The van der Waals surface area contributed by atoms with Gasteiger partial charge in [-0.05, 0) is 74.0 Å². The summed E-state index contributed by atoms with van der Waals surface area (Å²) in [5.41, 5.74) is 3.87. The number of carbonyl (C=O) groups is 1. The maximum atomic E-state index is 11.3. The number of imidazole rings is 1. The van der Waals surface area contributed by atoms with E-state index >= 15 is 0 Å². The number of fused-ring (bicyclic) bond motifs is 1. The zero-order chi connectivity index (χ0) is 27.8. The van der Waals surface area contributed by atoms with Crippen LogP contribution in [0.5, 0.6) is 5.75 Å². The van der Waals surface area contributed by atoms with Crippen LogP contribution in [0.1, 0.15) is 68.2 Å². The minimum atomic E-state index is -0.833. The van der Waals surface area contributed by atoms with E-state index in [1.165, 1.54) is 11.6 Å². The Labute approximate surface area is 222 Å². The number of hydrogen-bond acceptors (Lipinski definition) is 7. The molecular weight excluding hydrogens is 490 g/mol. The van der Waals surface area contributed by atoms with Crippen molar-refractivity contribution in [3.05, 3.63) is 63.6 Å². The number of nitrogens with one attached hydrogen (secondary N) is 3. The number of ether oxygens (including phenoxy) is 1. The Morgan fingerprint density at radius 2 is 1.66 bits per heavy atom. The van der Waals surface area contributed by atoms with E-state index in [0.29, 0.717) is 17.7 Å². The molecular formula is C28H41N3O7. The van der Waals surface area contributed by atoms with Crippen LogP contribution < -0.4 is 11.0 Å². The Hall–Kier alpha value is -3.18. The summed E-state index contributed by atoms with van der Waals surface area (Å²) in [7, 11) is 0. The highest BCUT2D eigenvalue weighted by Crippen LogP contribution is 2.22. The van der Waals surface area contributed by atoms with Crippen LogP contribution in [0.4, 0.5) is 0 Å². The number of hydrogen-bond donors (Lipinski definition) is 7. The maximum Gasteiger partial charge on any atom is 0.323 e. The van der Waals surface area contributed by atoms with Crippen LogP contribution in [-0.4, -0.2) is 62.7 Å². The summed E-state index contributed by atoms with van der Waals surface area (Å²) in [5.74, 6) is -0.791. The van der Waals surface area contributed by atoms with Gasteiger partial charge in [0.05, 0.1) is 23.7 Å². The molecule has 7 N–H and O–H groups in total. The molecule has 0 unspecified atom stereocenters. The standard InChI is InChI=1S/C26H37N3O5.C2H4O2/c30-18-21-16-20(9-11-24(21)31)25(32)17-27-12-4-1-2-5-13-34-14-6-3-7-19-8-10-22-23(15-19)29-26(33)28-22;1-2(3)4/h8-11,15-16,25,27,30-32H,1-7,12-14,17-18H2,(H2,28,29,33);1H3,(H,3,4)/t25-;/m0./s1. The molecule has 0 saturated carbocycles. The molecule has 3 aromatic rings. The van der Waals surface area contributed by atoms with Crippen LogP contribution in [0.2, 0.25) is 0 Å². The molecule has 0 fully saturated rings. The number of rotatable bonds is 16. The fourth-order valence-electron chi connectivity index (χ4n) is 3.97. The zero-order valence-corrected chi connectivity index (χ0v) is 22.0. The van der Waals surface area contributed by atoms with Gasteiger partial charge in [-0.2, -0.15) is 0 Å². The van der Waals surface area contributed by atoms with Crippen molar-refractivity contribution in [3.63, 3.8) is 0 Å². The first-order chi connectivity index (χ1) is 18.3. The van der Waals surface area contributed by atoms with E-state index in [0.717, 1.165) is 82.7 Å². The van der Waals surface area contributed by atoms with Crippen molar-refractivity contribution in [3.8, 4) is 5.75 Å². The van der Waals surface area contributed by atoms with Crippen molar-refractivity contribution < 1.29 is 30.0 Å². The molecule has 1 heterocycles. The molecule has 3 rings (SSSR count). The van der Waals surface area contributed by atoms with Gasteiger partial charge in [-0.3, -0.25) is 4.79 Å². The average molecular weight is 532 g/mol. The summed E-state index contributed by atoms with van der Waals surface area (Å²) in [6, 6.07) is 10.8. The second-order valence-electron chi connectivity index (χ2n) is 9.23. The molecule has 0 saturated heterocycles. The van der Waals surface area contributed by atoms with E-state index in [-0.39, 0.29) is 18.0 Å². The highest BCUT2D eigenvalue weighted by molar-refractivity contribution is 5.75. The summed E-state index contributed by atoms with van der Waals surface area (Å²) in [5, 5.41) is 39.7. The lowest BCUT2D eigenvalue weighted by Crippen LogP contribution is -2.22. The Morgan fingerprint density at radius 1 is 0.974 bits per heavy atom. The molecule has 0 radical (unpaired) electrons. The number of aliphatic hydroxyl groups is 2. The molecule has 210 valence electrons. The Kier molecular flexibility index (Phi) is 14.2. The first-order valence-corrected chi connectivity index (χ1v) is 13.1. The van der Waals surface area contributed by atoms with Crippen LogP contribution in [0.3, 0.4) is 0 Å². The molecule has 1 atom stereocenters. The second kappa shape index (κ2) is 17.4. The van der Waals surface area contributed by atoms with Crippen molar-refractivity contribution in [1.82, 2.24) is 15.3 Å². The number of aryl methyl sites for hydroxylation is 1. The second-order valence-corrected chi connectivity index (χ2v) is 9.23. The summed E-state index contributed by atoms with van der Waals surface area (Å²) < 4.78 is 5.74. The zero-order valence-electron chi connectivity index (χ0n) is 22.0. The number of aliphatic hydroxyl groups excluding tert-OH is 2. The number of benzene rings is 2. The average Bonchev–Trinajstić information content (AvgIpc) is 3.25. The predicted molar refractivity (Wildman–Crippen MR) is 146 cm³/mol. The number of unbranched alkanes of at least 4 members (excludes halogenated alkanes) is 4. The topological polar surface area (TPSA) is 168 Å². The number of aromatic nitrogens is 2.